The van der Waals surface area contributed by atoms with Crippen LogP contribution in [0.5, 0.6) is 0 Å². The van der Waals surface area contributed by atoms with Crippen molar-refractivity contribution in [2.45, 2.75) is 109 Å². The molecule has 0 spiro atoms. The number of allylic oxidation sites excluding steroid dienone is 4. The highest BCUT2D eigenvalue weighted by Gasteiger charge is 2.26. The largest absolute Gasteiger partial charge is 0.512 e. The van der Waals surface area contributed by atoms with Crippen LogP contribution in [0.1, 0.15) is 103 Å². The van der Waals surface area contributed by atoms with E-state index in [1.807, 2.05) is 6.08 Å². The van der Waals surface area contributed by atoms with Gasteiger partial charge in [0.2, 0.25) is 0 Å². The van der Waals surface area contributed by atoms with Crippen molar-refractivity contribution in [2.75, 3.05) is 0 Å². The van der Waals surface area contributed by atoms with Gasteiger partial charge in [-0.1, -0.05) is 82.6 Å². The Hall–Kier alpha value is -1.02. The molecule has 0 heterocycles. The lowest BCUT2D eigenvalue weighted by molar-refractivity contribution is 0.0658. The van der Waals surface area contributed by atoms with E-state index >= 15 is 0 Å². The van der Waals surface area contributed by atoms with Crippen LogP contribution in [0.3, 0.4) is 0 Å². The molecule has 25 heavy (non-hydrogen) atoms. The maximum Gasteiger partial charge on any atom is 0.0954 e. The van der Waals surface area contributed by atoms with E-state index in [1.54, 1.807) is 12.2 Å². The van der Waals surface area contributed by atoms with Gasteiger partial charge >= 0.3 is 0 Å². The first-order valence-corrected chi connectivity index (χ1v) is 10.6. The van der Waals surface area contributed by atoms with E-state index in [0.717, 1.165) is 25.7 Å². The number of aliphatic hydroxyl groups excluding tert-OH is 1. The maximum absolute atomic E-state index is 10.3. The fraction of sp³-hybridized carbons (Fsp3) is 0.739. The minimum Gasteiger partial charge on any atom is -0.512 e. The SMILES string of the molecule is CCCCCCCCCCCC=CCCCCC1(O)C=CC=C(O)C1. The molecule has 0 saturated carbocycles. The molecule has 144 valence electrons. The fourth-order valence-electron chi connectivity index (χ4n) is 3.44. The van der Waals surface area contributed by atoms with Crippen molar-refractivity contribution < 1.29 is 10.2 Å². The van der Waals surface area contributed by atoms with E-state index in [2.05, 4.69) is 19.1 Å². The Bertz CT molecular complexity index is 408. The molecule has 0 bridgehead atoms. The van der Waals surface area contributed by atoms with Crippen LogP contribution >= 0.6 is 0 Å². The molecule has 1 rings (SSSR count). The molecular weight excluding hydrogens is 308 g/mol. The average Bonchev–Trinajstić information content (AvgIpc) is 2.58. The highest BCUT2D eigenvalue weighted by atomic mass is 16.3. The summed E-state index contributed by atoms with van der Waals surface area (Å²) in [6.45, 7) is 2.27. The molecule has 1 unspecified atom stereocenters. The maximum atomic E-state index is 10.3. The molecule has 1 aliphatic carbocycles. The van der Waals surface area contributed by atoms with Gasteiger partial charge in [0, 0.05) is 6.42 Å². The van der Waals surface area contributed by atoms with Gasteiger partial charge in [0.1, 0.15) is 0 Å². The highest BCUT2D eigenvalue weighted by Crippen LogP contribution is 2.27. The molecule has 2 N–H and O–H groups in total. The summed E-state index contributed by atoms with van der Waals surface area (Å²) in [5, 5.41) is 19.8. The van der Waals surface area contributed by atoms with Gasteiger partial charge in [0.15, 0.2) is 0 Å². The normalized spacial score (nSPS) is 20.3. The van der Waals surface area contributed by atoms with Gasteiger partial charge in [0.05, 0.1) is 11.4 Å². The van der Waals surface area contributed by atoms with Gasteiger partial charge in [-0.2, -0.15) is 0 Å². The third kappa shape index (κ3) is 12.0. The highest BCUT2D eigenvalue weighted by molar-refractivity contribution is 5.21. The number of rotatable bonds is 15. The summed E-state index contributed by atoms with van der Waals surface area (Å²) >= 11 is 0. The van der Waals surface area contributed by atoms with Crippen molar-refractivity contribution in [1.82, 2.24) is 0 Å². The zero-order valence-electron chi connectivity index (χ0n) is 16.4. The second-order valence-electron chi connectivity index (χ2n) is 7.63. The first kappa shape index (κ1) is 22.0. The summed E-state index contributed by atoms with van der Waals surface area (Å²) in [6, 6.07) is 0. The summed E-state index contributed by atoms with van der Waals surface area (Å²) in [5.74, 6) is 0.283. The van der Waals surface area contributed by atoms with Crippen molar-refractivity contribution >= 4 is 0 Å². The Kier molecular flexibility index (Phi) is 12.5. The molecular formula is C23H40O2. The molecule has 0 aromatic heterocycles. The van der Waals surface area contributed by atoms with E-state index < -0.39 is 5.60 Å². The second-order valence-corrected chi connectivity index (χ2v) is 7.63. The predicted octanol–water partition coefficient (Wildman–Crippen LogP) is 7.16. The van der Waals surface area contributed by atoms with Crippen LogP contribution in [-0.2, 0) is 0 Å². The molecule has 0 aliphatic heterocycles. The molecule has 2 heteroatoms. The van der Waals surface area contributed by atoms with Crippen LogP contribution in [-0.4, -0.2) is 15.8 Å². The quantitative estimate of drug-likeness (QED) is 0.243. The number of hydrogen-bond donors (Lipinski definition) is 2. The fourth-order valence-corrected chi connectivity index (χ4v) is 3.44. The third-order valence-corrected chi connectivity index (χ3v) is 5.05. The van der Waals surface area contributed by atoms with Gasteiger partial charge in [-0.3, -0.25) is 0 Å². The predicted molar refractivity (Wildman–Crippen MR) is 109 cm³/mol. The van der Waals surface area contributed by atoms with Crippen LogP contribution in [0.2, 0.25) is 0 Å². The Labute approximate surface area is 155 Å². The van der Waals surface area contributed by atoms with Gasteiger partial charge < -0.3 is 10.2 Å². The zero-order chi connectivity index (χ0) is 18.2. The van der Waals surface area contributed by atoms with Crippen molar-refractivity contribution in [3.63, 3.8) is 0 Å². The lowest BCUT2D eigenvalue weighted by Crippen LogP contribution is -2.27. The minimum absolute atomic E-state index is 0.283. The standard InChI is InChI=1S/C23H40O2/c1-2-3-4-5-6-7-8-9-10-11-12-13-14-15-16-19-23(25)20-17-18-22(24)21-23/h12-13,17-18,20,24-25H,2-11,14-16,19,21H2,1H3. The Morgan fingerprint density at radius 3 is 2.04 bits per heavy atom. The zero-order valence-corrected chi connectivity index (χ0v) is 16.4. The van der Waals surface area contributed by atoms with Crippen molar-refractivity contribution in [2.24, 2.45) is 0 Å². The van der Waals surface area contributed by atoms with Gasteiger partial charge in [-0.05, 0) is 44.6 Å². The molecule has 1 atom stereocenters. The Morgan fingerprint density at radius 2 is 1.44 bits per heavy atom. The molecule has 1 aliphatic rings. The molecule has 0 aromatic carbocycles. The molecule has 0 aromatic rings. The van der Waals surface area contributed by atoms with Gasteiger partial charge in [-0.25, -0.2) is 0 Å². The van der Waals surface area contributed by atoms with Crippen LogP contribution in [0.25, 0.3) is 0 Å². The molecule has 0 amide bonds. The van der Waals surface area contributed by atoms with Crippen molar-refractivity contribution in [1.29, 1.82) is 0 Å². The van der Waals surface area contributed by atoms with E-state index in [-0.39, 0.29) is 5.76 Å². The smallest absolute Gasteiger partial charge is 0.0954 e. The average molecular weight is 349 g/mol. The van der Waals surface area contributed by atoms with Crippen LogP contribution < -0.4 is 0 Å². The van der Waals surface area contributed by atoms with E-state index in [1.165, 1.54) is 64.2 Å². The van der Waals surface area contributed by atoms with Crippen molar-refractivity contribution in [3.05, 3.63) is 36.1 Å². The monoisotopic (exact) mass is 348 g/mol. The number of unbranched alkanes of at least 4 members (excludes halogenated alkanes) is 11. The summed E-state index contributed by atoms with van der Waals surface area (Å²) in [7, 11) is 0. The summed E-state index contributed by atoms with van der Waals surface area (Å²) in [4.78, 5) is 0. The molecule has 0 saturated heterocycles. The van der Waals surface area contributed by atoms with Gasteiger partial charge in [0.25, 0.3) is 0 Å². The Morgan fingerprint density at radius 1 is 0.880 bits per heavy atom. The first-order chi connectivity index (χ1) is 12.2. The van der Waals surface area contributed by atoms with Gasteiger partial charge in [-0.15, -0.1) is 0 Å². The number of hydrogen-bond acceptors (Lipinski definition) is 2. The van der Waals surface area contributed by atoms with Crippen LogP contribution in [0.4, 0.5) is 0 Å². The first-order valence-electron chi connectivity index (χ1n) is 10.6. The number of aliphatic hydroxyl groups is 2. The molecule has 0 radical (unpaired) electrons. The molecule has 2 nitrogen and oxygen atoms in total. The summed E-state index contributed by atoms with van der Waals surface area (Å²) < 4.78 is 0. The summed E-state index contributed by atoms with van der Waals surface area (Å²) in [6.07, 6.45) is 27.8. The van der Waals surface area contributed by atoms with Crippen LogP contribution in [0, 0.1) is 0 Å². The summed E-state index contributed by atoms with van der Waals surface area (Å²) in [5.41, 5.74) is -0.834. The third-order valence-electron chi connectivity index (χ3n) is 5.05. The Balaban J connectivity index is 1.86. The topological polar surface area (TPSA) is 40.5 Å². The van der Waals surface area contributed by atoms with E-state index in [0.29, 0.717) is 6.42 Å². The van der Waals surface area contributed by atoms with E-state index in [4.69, 9.17) is 0 Å². The van der Waals surface area contributed by atoms with Crippen LogP contribution in [0.15, 0.2) is 36.1 Å². The van der Waals surface area contributed by atoms with Crippen molar-refractivity contribution in [3.8, 4) is 0 Å². The van der Waals surface area contributed by atoms with E-state index in [9.17, 15) is 10.2 Å². The minimum atomic E-state index is -0.834. The second kappa shape index (κ2) is 14.2. The molecule has 0 fully saturated rings. The lowest BCUT2D eigenvalue weighted by Gasteiger charge is -2.26. The lowest BCUT2D eigenvalue weighted by atomic mass is 9.88.